The van der Waals surface area contributed by atoms with Gasteiger partial charge in [-0.2, -0.15) is 0 Å². The Morgan fingerprint density at radius 2 is 2.04 bits per heavy atom. The zero-order valence-electron chi connectivity index (χ0n) is 15.8. The van der Waals surface area contributed by atoms with Crippen molar-refractivity contribution >= 4 is 11.7 Å². The van der Waals surface area contributed by atoms with Crippen molar-refractivity contribution in [1.29, 1.82) is 0 Å². The first-order valence-electron chi connectivity index (χ1n) is 9.80. The molecule has 1 aliphatic heterocycles. The number of nitrogens with zero attached hydrogens (tertiary/aromatic N) is 1. The zero-order chi connectivity index (χ0) is 19.3. The lowest BCUT2D eigenvalue weighted by atomic mass is 10.1. The van der Waals surface area contributed by atoms with E-state index in [-0.39, 0.29) is 11.8 Å². The van der Waals surface area contributed by atoms with E-state index in [1.807, 2.05) is 29.2 Å². The Balaban J connectivity index is 1.35. The molecular weight excluding hydrogens is 359 g/mol. The van der Waals surface area contributed by atoms with E-state index in [1.165, 1.54) is 12.1 Å². The number of ether oxygens (including phenoxy) is 2. The fraction of sp³-hybridized carbons (Fsp3) is 0.409. The van der Waals surface area contributed by atoms with Crippen LogP contribution in [0.3, 0.4) is 0 Å². The highest BCUT2D eigenvalue weighted by atomic mass is 19.1. The van der Waals surface area contributed by atoms with E-state index in [2.05, 4.69) is 5.32 Å². The lowest BCUT2D eigenvalue weighted by Crippen LogP contribution is -2.40. The molecule has 0 spiro atoms. The molecule has 4 rings (SSSR count). The summed E-state index contributed by atoms with van der Waals surface area (Å²) in [5.41, 5.74) is 1.64. The first kappa shape index (κ1) is 18.7. The van der Waals surface area contributed by atoms with Gasteiger partial charge in [0, 0.05) is 36.9 Å². The maximum atomic E-state index is 13.3. The Kier molecular flexibility index (Phi) is 5.76. The average Bonchev–Trinajstić information content (AvgIpc) is 3.40. The summed E-state index contributed by atoms with van der Waals surface area (Å²) in [5.74, 6) is 0.580. The van der Waals surface area contributed by atoms with Gasteiger partial charge in [-0.05, 0) is 49.1 Å². The molecular formula is C22H25FN2O3. The van der Waals surface area contributed by atoms with Gasteiger partial charge in [0.2, 0.25) is 0 Å². The third kappa shape index (κ3) is 5.01. The summed E-state index contributed by atoms with van der Waals surface area (Å²) >= 11 is 0. The Bertz CT molecular complexity index is 819. The van der Waals surface area contributed by atoms with E-state index in [0.717, 1.165) is 50.3 Å². The van der Waals surface area contributed by atoms with E-state index in [9.17, 15) is 9.18 Å². The van der Waals surface area contributed by atoms with Crippen molar-refractivity contribution in [3.8, 4) is 5.75 Å². The van der Waals surface area contributed by atoms with Crippen LogP contribution in [-0.4, -0.2) is 36.7 Å². The number of amides is 2. The number of urea groups is 1. The summed E-state index contributed by atoms with van der Waals surface area (Å²) in [6.07, 6.45) is 3.16. The predicted octanol–water partition coefficient (Wildman–Crippen LogP) is 4.44. The molecule has 1 atom stereocenters. The van der Waals surface area contributed by atoms with Crippen LogP contribution in [0.2, 0.25) is 0 Å². The molecule has 1 heterocycles. The lowest BCUT2D eigenvalue weighted by Gasteiger charge is -2.25. The minimum Gasteiger partial charge on any atom is -0.489 e. The number of carbonyl (C=O) groups excluding carboxylic acids is 1. The first-order chi connectivity index (χ1) is 13.7. The van der Waals surface area contributed by atoms with Crippen molar-refractivity contribution < 1.29 is 18.7 Å². The second-order valence-corrected chi connectivity index (χ2v) is 7.49. The molecule has 0 bridgehead atoms. The molecule has 2 fully saturated rings. The van der Waals surface area contributed by atoms with Crippen LogP contribution in [0, 0.1) is 11.7 Å². The quantitative estimate of drug-likeness (QED) is 0.768. The maximum Gasteiger partial charge on any atom is 0.322 e. The number of halogens is 1. The number of carbonyl (C=O) groups is 1. The van der Waals surface area contributed by atoms with Crippen molar-refractivity contribution in [3.05, 3.63) is 59.9 Å². The van der Waals surface area contributed by atoms with Gasteiger partial charge in [0.15, 0.2) is 0 Å². The van der Waals surface area contributed by atoms with E-state index < -0.39 is 0 Å². The number of hydrogen-bond donors (Lipinski definition) is 1. The number of nitrogens with one attached hydrogen (secondary N) is 1. The topological polar surface area (TPSA) is 50.8 Å². The summed E-state index contributed by atoms with van der Waals surface area (Å²) in [5, 5.41) is 3.02. The molecule has 5 nitrogen and oxygen atoms in total. The molecule has 6 heteroatoms. The number of hydrogen-bond acceptors (Lipinski definition) is 3. The first-order valence-corrected chi connectivity index (χ1v) is 9.80. The Morgan fingerprint density at radius 3 is 2.79 bits per heavy atom. The van der Waals surface area contributed by atoms with Gasteiger partial charge >= 0.3 is 6.03 Å². The van der Waals surface area contributed by atoms with Gasteiger partial charge in [-0.15, -0.1) is 0 Å². The van der Waals surface area contributed by atoms with Crippen LogP contribution >= 0.6 is 0 Å². The maximum absolute atomic E-state index is 13.3. The number of rotatable bonds is 7. The molecule has 2 aromatic carbocycles. The van der Waals surface area contributed by atoms with Gasteiger partial charge in [-0.3, -0.25) is 0 Å². The molecule has 148 valence electrons. The third-order valence-corrected chi connectivity index (χ3v) is 5.11. The molecule has 0 radical (unpaired) electrons. The molecule has 0 aromatic heterocycles. The highest BCUT2D eigenvalue weighted by molar-refractivity contribution is 5.89. The Labute approximate surface area is 164 Å². The van der Waals surface area contributed by atoms with Crippen LogP contribution in [0.5, 0.6) is 5.75 Å². The summed E-state index contributed by atoms with van der Waals surface area (Å²) < 4.78 is 24.3. The van der Waals surface area contributed by atoms with Crippen LogP contribution in [0.1, 0.15) is 24.8 Å². The minimum absolute atomic E-state index is 0.0578. The van der Waals surface area contributed by atoms with Gasteiger partial charge in [0.05, 0.1) is 6.61 Å². The van der Waals surface area contributed by atoms with Gasteiger partial charge in [-0.1, -0.05) is 18.2 Å². The molecule has 1 aliphatic carbocycles. The van der Waals surface area contributed by atoms with Crippen LogP contribution in [0.4, 0.5) is 14.9 Å². The molecule has 2 amide bonds. The van der Waals surface area contributed by atoms with Crippen molar-refractivity contribution in [2.75, 3.05) is 25.1 Å². The van der Waals surface area contributed by atoms with Crippen molar-refractivity contribution in [2.45, 2.75) is 31.9 Å². The summed E-state index contributed by atoms with van der Waals surface area (Å²) in [4.78, 5) is 14.8. The van der Waals surface area contributed by atoms with Crippen molar-refractivity contribution in [2.24, 2.45) is 5.92 Å². The Morgan fingerprint density at radius 1 is 1.18 bits per heavy atom. The predicted molar refractivity (Wildman–Crippen MR) is 105 cm³/mol. The van der Waals surface area contributed by atoms with E-state index in [4.69, 9.17) is 9.47 Å². The smallest absolute Gasteiger partial charge is 0.322 e. The second-order valence-electron chi connectivity index (χ2n) is 7.49. The third-order valence-electron chi connectivity index (χ3n) is 5.11. The SMILES string of the molecule is O=C(Nc1cccc(COc2cccc(F)c2)c1)N(C[C@H]1CCOC1)C1CC1. The van der Waals surface area contributed by atoms with Gasteiger partial charge in [0.25, 0.3) is 0 Å². The van der Waals surface area contributed by atoms with Crippen LogP contribution in [-0.2, 0) is 11.3 Å². The van der Waals surface area contributed by atoms with Gasteiger partial charge in [0.1, 0.15) is 18.2 Å². The van der Waals surface area contributed by atoms with Crippen LogP contribution in [0.25, 0.3) is 0 Å². The Hall–Kier alpha value is -2.60. The van der Waals surface area contributed by atoms with Gasteiger partial charge < -0.3 is 19.7 Å². The summed E-state index contributed by atoms with van der Waals surface area (Å²) in [6.45, 7) is 2.58. The van der Waals surface area contributed by atoms with E-state index in [0.29, 0.717) is 24.3 Å². The largest absolute Gasteiger partial charge is 0.489 e. The molecule has 0 unspecified atom stereocenters. The second kappa shape index (κ2) is 8.61. The fourth-order valence-corrected chi connectivity index (χ4v) is 3.45. The van der Waals surface area contributed by atoms with Crippen LogP contribution in [0.15, 0.2) is 48.5 Å². The number of benzene rings is 2. The minimum atomic E-state index is -0.327. The van der Waals surface area contributed by atoms with Crippen molar-refractivity contribution in [1.82, 2.24) is 4.90 Å². The molecule has 1 saturated carbocycles. The lowest BCUT2D eigenvalue weighted by molar-refractivity contribution is 0.167. The molecule has 1 saturated heterocycles. The number of anilines is 1. The van der Waals surface area contributed by atoms with E-state index in [1.54, 1.807) is 12.1 Å². The zero-order valence-corrected chi connectivity index (χ0v) is 15.8. The standard InChI is InChI=1S/C22H25FN2O3/c23-18-4-2-6-21(12-18)28-15-16-3-1-5-19(11-16)24-22(26)25(20-7-8-20)13-17-9-10-27-14-17/h1-6,11-12,17,20H,7-10,13-15H2,(H,24,26)/t17-/m1/s1. The van der Waals surface area contributed by atoms with E-state index >= 15 is 0 Å². The highest BCUT2D eigenvalue weighted by Gasteiger charge is 2.34. The van der Waals surface area contributed by atoms with Gasteiger partial charge in [-0.25, -0.2) is 9.18 Å². The fourth-order valence-electron chi connectivity index (χ4n) is 3.45. The average molecular weight is 384 g/mol. The monoisotopic (exact) mass is 384 g/mol. The summed E-state index contributed by atoms with van der Waals surface area (Å²) in [7, 11) is 0. The summed E-state index contributed by atoms with van der Waals surface area (Å²) in [6, 6.07) is 13.9. The van der Waals surface area contributed by atoms with Crippen LogP contribution < -0.4 is 10.1 Å². The normalized spacial score (nSPS) is 18.7. The van der Waals surface area contributed by atoms with Crippen molar-refractivity contribution in [3.63, 3.8) is 0 Å². The molecule has 2 aromatic rings. The molecule has 1 N–H and O–H groups in total. The molecule has 28 heavy (non-hydrogen) atoms. The molecule has 2 aliphatic rings. The highest BCUT2D eigenvalue weighted by Crippen LogP contribution is 2.29.